The van der Waals surface area contributed by atoms with Gasteiger partial charge in [0.2, 0.25) is 0 Å². The van der Waals surface area contributed by atoms with E-state index in [0.29, 0.717) is 11.7 Å². The van der Waals surface area contributed by atoms with Crippen LogP contribution in [-0.4, -0.2) is 26.3 Å². The molecule has 0 spiro atoms. The lowest BCUT2D eigenvalue weighted by molar-refractivity contribution is 0.0943. The Hall–Kier alpha value is -2.82. The van der Waals surface area contributed by atoms with Crippen LogP contribution in [-0.2, 0) is 7.05 Å². The maximum Gasteiger partial charge on any atom is 0.270 e. The van der Waals surface area contributed by atoms with E-state index in [2.05, 4.69) is 31.3 Å². The van der Waals surface area contributed by atoms with Crippen molar-refractivity contribution in [2.45, 2.75) is 32.7 Å². The van der Waals surface area contributed by atoms with Gasteiger partial charge in [0, 0.05) is 19.3 Å². The number of aromatic nitrogens is 3. The van der Waals surface area contributed by atoms with Crippen LogP contribution < -0.4 is 5.32 Å². The van der Waals surface area contributed by atoms with E-state index >= 15 is 0 Å². The summed E-state index contributed by atoms with van der Waals surface area (Å²) in [7, 11) is 1.98. The topological polar surface area (TPSA) is 51.9 Å². The fourth-order valence-corrected chi connectivity index (χ4v) is 3.11. The van der Waals surface area contributed by atoms with Gasteiger partial charge in [-0.05, 0) is 56.5 Å². The molecule has 2 aromatic heterocycles. The van der Waals surface area contributed by atoms with Gasteiger partial charge in [0.1, 0.15) is 11.4 Å². The Morgan fingerprint density at radius 2 is 2.00 bits per heavy atom. The van der Waals surface area contributed by atoms with Crippen molar-refractivity contribution in [1.82, 2.24) is 19.7 Å². The molecule has 0 atom stereocenters. The zero-order valence-electron chi connectivity index (χ0n) is 14.8. The lowest BCUT2D eigenvalue weighted by Gasteiger charge is -2.11. The molecule has 1 aliphatic rings. The molecule has 1 N–H and O–H groups in total. The minimum Gasteiger partial charge on any atom is -0.349 e. The fraction of sp³-hybridized carbons (Fsp3) is 0.300. The molecule has 1 aromatic carbocycles. The van der Waals surface area contributed by atoms with Crippen molar-refractivity contribution in [3.8, 4) is 17.1 Å². The Morgan fingerprint density at radius 3 is 2.64 bits per heavy atom. The van der Waals surface area contributed by atoms with E-state index in [-0.39, 0.29) is 5.91 Å². The predicted molar refractivity (Wildman–Crippen MR) is 97.9 cm³/mol. The van der Waals surface area contributed by atoms with Gasteiger partial charge in [-0.1, -0.05) is 17.7 Å². The molecule has 25 heavy (non-hydrogen) atoms. The smallest absolute Gasteiger partial charge is 0.270 e. The third-order valence-electron chi connectivity index (χ3n) is 4.64. The first kappa shape index (κ1) is 15.7. The summed E-state index contributed by atoms with van der Waals surface area (Å²) in [4.78, 5) is 12.8. The van der Waals surface area contributed by atoms with Gasteiger partial charge in [-0.3, -0.25) is 4.79 Å². The van der Waals surface area contributed by atoms with Crippen LogP contribution in [0.3, 0.4) is 0 Å². The Bertz CT molecular complexity index is 947. The van der Waals surface area contributed by atoms with Crippen LogP contribution in [0.15, 0.2) is 42.6 Å². The summed E-state index contributed by atoms with van der Waals surface area (Å²) in [5.41, 5.74) is 5.60. The zero-order valence-corrected chi connectivity index (χ0v) is 14.8. The van der Waals surface area contributed by atoms with E-state index < -0.39 is 0 Å². The second kappa shape index (κ2) is 5.92. The Kier molecular flexibility index (Phi) is 3.71. The molecule has 0 radical (unpaired) electrons. The first-order valence-corrected chi connectivity index (χ1v) is 8.63. The molecule has 128 valence electrons. The number of amides is 1. The minimum absolute atomic E-state index is 0.0598. The van der Waals surface area contributed by atoms with Gasteiger partial charge in [-0.2, -0.15) is 5.10 Å². The largest absolute Gasteiger partial charge is 0.349 e. The van der Waals surface area contributed by atoms with E-state index in [1.807, 2.05) is 42.1 Å². The molecule has 0 unspecified atom stereocenters. The van der Waals surface area contributed by atoms with Gasteiger partial charge in [0.05, 0.1) is 11.4 Å². The van der Waals surface area contributed by atoms with Crippen molar-refractivity contribution < 1.29 is 4.79 Å². The highest BCUT2D eigenvalue weighted by molar-refractivity contribution is 5.94. The van der Waals surface area contributed by atoms with Crippen LogP contribution in [0.4, 0.5) is 0 Å². The number of carbonyl (C=O) groups excluding carboxylic acids is 1. The van der Waals surface area contributed by atoms with Crippen LogP contribution >= 0.6 is 0 Å². The molecule has 5 nitrogen and oxygen atoms in total. The maximum atomic E-state index is 12.8. The van der Waals surface area contributed by atoms with Crippen LogP contribution in [0.5, 0.6) is 0 Å². The molecular formula is C20H22N4O. The summed E-state index contributed by atoms with van der Waals surface area (Å²) in [5.74, 6) is -0.0598. The average Bonchev–Trinajstić information content (AvgIpc) is 3.10. The molecule has 0 bridgehead atoms. The van der Waals surface area contributed by atoms with Crippen molar-refractivity contribution in [3.05, 3.63) is 59.4 Å². The number of hydrogen-bond donors (Lipinski definition) is 1. The number of aryl methyl sites for hydroxylation is 3. The van der Waals surface area contributed by atoms with Crippen LogP contribution in [0.2, 0.25) is 0 Å². The molecule has 3 aromatic rings. The lowest BCUT2D eigenvalue weighted by atomic mass is 10.1. The van der Waals surface area contributed by atoms with E-state index in [0.717, 1.165) is 35.5 Å². The highest BCUT2D eigenvalue weighted by Crippen LogP contribution is 2.25. The molecule has 1 aliphatic carbocycles. The van der Waals surface area contributed by atoms with Crippen molar-refractivity contribution in [2.75, 3.05) is 0 Å². The summed E-state index contributed by atoms with van der Waals surface area (Å²) in [6, 6.07) is 12.4. The van der Waals surface area contributed by atoms with Crippen molar-refractivity contribution in [3.63, 3.8) is 0 Å². The first-order chi connectivity index (χ1) is 12.0. The third-order valence-corrected chi connectivity index (χ3v) is 4.64. The average molecular weight is 334 g/mol. The summed E-state index contributed by atoms with van der Waals surface area (Å²) in [6.45, 7) is 4.12. The molecule has 0 saturated heterocycles. The minimum atomic E-state index is -0.0598. The van der Waals surface area contributed by atoms with Crippen LogP contribution in [0, 0.1) is 13.8 Å². The summed E-state index contributed by atoms with van der Waals surface area (Å²) in [6.07, 6.45) is 4.11. The second-order valence-electron chi connectivity index (χ2n) is 6.87. The molecule has 1 amide bonds. The third kappa shape index (κ3) is 2.97. The summed E-state index contributed by atoms with van der Waals surface area (Å²) < 4.78 is 3.78. The standard InChI is InChI=1S/C20H22N4O/c1-13-6-9-17(14(2)11-13)24-19(20(25)21-15-7-8-15)12-16(22-24)18-5-4-10-23(18)3/h4-6,9-12,15H,7-8H2,1-3H3,(H,21,25). The maximum absolute atomic E-state index is 12.8. The van der Waals surface area contributed by atoms with Crippen LogP contribution in [0.1, 0.15) is 34.5 Å². The number of nitrogens with zero attached hydrogens (tertiary/aromatic N) is 3. The van der Waals surface area contributed by atoms with Gasteiger partial charge in [0.25, 0.3) is 5.91 Å². The summed E-state index contributed by atoms with van der Waals surface area (Å²) in [5, 5.41) is 7.84. The SMILES string of the molecule is Cc1ccc(-n2nc(-c3cccn3C)cc2C(=O)NC2CC2)c(C)c1. The number of rotatable bonds is 4. The van der Waals surface area contributed by atoms with E-state index in [1.54, 1.807) is 4.68 Å². The van der Waals surface area contributed by atoms with Gasteiger partial charge < -0.3 is 9.88 Å². The Morgan fingerprint density at radius 1 is 1.20 bits per heavy atom. The first-order valence-electron chi connectivity index (χ1n) is 8.63. The number of hydrogen-bond acceptors (Lipinski definition) is 2. The highest BCUT2D eigenvalue weighted by Gasteiger charge is 2.27. The molecular weight excluding hydrogens is 312 g/mol. The Balaban J connectivity index is 1.83. The van der Waals surface area contributed by atoms with Crippen molar-refractivity contribution in [2.24, 2.45) is 7.05 Å². The van der Waals surface area contributed by atoms with Gasteiger partial charge in [-0.25, -0.2) is 4.68 Å². The van der Waals surface area contributed by atoms with Crippen molar-refractivity contribution in [1.29, 1.82) is 0 Å². The normalized spacial score (nSPS) is 13.9. The van der Waals surface area contributed by atoms with Crippen molar-refractivity contribution >= 4 is 5.91 Å². The highest BCUT2D eigenvalue weighted by atomic mass is 16.2. The number of benzene rings is 1. The summed E-state index contributed by atoms with van der Waals surface area (Å²) >= 11 is 0. The van der Waals surface area contributed by atoms with E-state index in [1.165, 1.54) is 5.56 Å². The quantitative estimate of drug-likeness (QED) is 0.795. The second-order valence-corrected chi connectivity index (χ2v) is 6.87. The monoisotopic (exact) mass is 334 g/mol. The molecule has 1 saturated carbocycles. The zero-order chi connectivity index (χ0) is 17.6. The van der Waals surface area contributed by atoms with Gasteiger partial charge in [-0.15, -0.1) is 0 Å². The molecule has 5 heteroatoms. The molecule has 1 fully saturated rings. The lowest BCUT2D eigenvalue weighted by Crippen LogP contribution is -2.27. The Labute approximate surface area is 147 Å². The number of carbonyl (C=O) groups is 1. The van der Waals surface area contributed by atoms with Gasteiger partial charge in [0.15, 0.2) is 0 Å². The van der Waals surface area contributed by atoms with E-state index in [4.69, 9.17) is 5.10 Å². The number of nitrogens with one attached hydrogen (secondary N) is 1. The molecule has 0 aliphatic heterocycles. The van der Waals surface area contributed by atoms with E-state index in [9.17, 15) is 4.79 Å². The molecule has 4 rings (SSSR count). The molecule has 2 heterocycles. The van der Waals surface area contributed by atoms with Crippen LogP contribution in [0.25, 0.3) is 17.1 Å². The predicted octanol–water partition coefficient (Wildman–Crippen LogP) is 3.39. The fourth-order valence-electron chi connectivity index (χ4n) is 3.11. The van der Waals surface area contributed by atoms with Gasteiger partial charge >= 0.3 is 0 Å².